The summed E-state index contributed by atoms with van der Waals surface area (Å²) in [4.78, 5) is 20.5. The number of hydrogen-bond acceptors (Lipinski definition) is 5. The molecule has 0 radical (unpaired) electrons. The van der Waals surface area contributed by atoms with E-state index >= 15 is 0 Å². The van der Waals surface area contributed by atoms with Crippen LogP contribution < -0.4 is 10.6 Å². The van der Waals surface area contributed by atoms with Crippen LogP contribution in [-0.4, -0.2) is 59.1 Å². The van der Waals surface area contributed by atoms with Crippen LogP contribution in [0, 0.1) is 5.82 Å². The van der Waals surface area contributed by atoms with Gasteiger partial charge in [0, 0.05) is 43.0 Å². The summed E-state index contributed by atoms with van der Waals surface area (Å²) in [6.07, 6.45) is 5.46. The molecule has 2 aromatic heterocycles. The van der Waals surface area contributed by atoms with Crippen molar-refractivity contribution in [3.05, 3.63) is 59.5 Å². The number of nitrogens with one attached hydrogen (secondary N) is 2. The first-order valence-electron chi connectivity index (χ1n) is 13.1. The van der Waals surface area contributed by atoms with Crippen LogP contribution in [0.1, 0.15) is 54.1 Å². The number of thiazole rings is 1. The fourth-order valence-electron chi connectivity index (χ4n) is 5.43. The zero-order valence-electron chi connectivity index (χ0n) is 20.7. The van der Waals surface area contributed by atoms with E-state index in [1.807, 2.05) is 40.9 Å². The first-order valence-corrected chi connectivity index (χ1v) is 14.0. The number of aromatic nitrogens is 2. The lowest BCUT2D eigenvalue weighted by Crippen LogP contribution is -2.36. The van der Waals surface area contributed by atoms with E-state index in [0.29, 0.717) is 36.2 Å². The SMILES string of the molecule is O=C(NCCCN1CCC(F)CC1)c1ccc2c(c1)sc1nc(-c3cc([C@@H]4CCCN4)ccc3F)cn12. The van der Waals surface area contributed by atoms with Crippen LogP contribution in [0.5, 0.6) is 0 Å². The second-order valence-corrected chi connectivity index (χ2v) is 11.1. The van der Waals surface area contributed by atoms with Gasteiger partial charge in [0.2, 0.25) is 0 Å². The maximum Gasteiger partial charge on any atom is 0.251 e. The number of hydrogen-bond donors (Lipinski definition) is 2. The summed E-state index contributed by atoms with van der Waals surface area (Å²) in [6, 6.07) is 11.2. The summed E-state index contributed by atoms with van der Waals surface area (Å²) in [5.41, 5.74) is 3.78. The summed E-state index contributed by atoms with van der Waals surface area (Å²) in [5, 5.41) is 6.47. The molecule has 4 heterocycles. The lowest BCUT2D eigenvalue weighted by atomic mass is 10.0. The molecule has 6 rings (SSSR count). The zero-order chi connectivity index (χ0) is 25.4. The number of benzene rings is 2. The first-order chi connectivity index (χ1) is 18.0. The van der Waals surface area contributed by atoms with Crippen molar-refractivity contribution in [3.8, 4) is 11.3 Å². The molecule has 2 aliphatic rings. The highest BCUT2D eigenvalue weighted by molar-refractivity contribution is 7.23. The third-order valence-corrected chi connectivity index (χ3v) is 8.56. The first kappa shape index (κ1) is 24.5. The molecular weight excluding hydrogens is 492 g/mol. The van der Waals surface area contributed by atoms with E-state index < -0.39 is 6.17 Å². The molecule has 1 atom stereocenters. The molecule has 0 aliphatic carbocycles. The van der Waals surface area contributed by atoms with Gasteiger partial charge >= 0.3 is 0 Å². The number of likely N-dealkylation sites (tertiary alicyclic amines) is 1. The van der Waals surface area contributed by atoms with Crippen LogP contribution in [-0.2, 0) is 0 Å². The van der Waals surface area contributed by atoms with Gasteiger partial charge in [-0.1, -0.05) is 17.4 Å². The quantitative estimate of drug-likeness (QED) is 0.322. The van der Waals surface area contributed by atoms with E-state index in [-0.39, 0.29) is 17.8 Å². The predicted molar refractivity (Wildman–Crippen MR) is 143 cm³/mol. The summed E-state index contributed by atoms with van der Waals surface area (Å²) in [5.74, 6) is -0.377. The summed E-state index contributed by atoms with van der Waals surface area (Å²) in [7, 11) is 0. The Balaban J connectivity index is 1.14. The Hall–Kier alpha value is -2.88. The van der Waals surface area contributed by atoms with E-state index in [2.05, 4.69) is 15.5 Å². The van der Waals surface area contributed by atoms with Gasteiger partial charge in [-0.2, -0.15) is 0 Å². The number of amides is 1. The monoisotopic (exact) mass is 523 g/mol. The van der Waals surface area contributed by atoms with Crippen molar-refractivity contribution in [1.82, 2.24) is 24.9 Å². The number of carbonyl (C=O) groups is 1. The molecule has 4 aromatic rings. The molecule has 37 heavy (non-hydrogen) atoms. The third-order valence-electron chi connectivity index (χ3n) is 7.54. The van der Waals surface area contributed by atoms with Crippen LogP contribution in [0.4, 0.5) is 8.78 Å². The molecule has 2 fully saturated rings. The van der Waals surface area contributed by atoms with Crippen LogP contribution >= 0.6 is 11.3 Å². The van der Waals surface area contributed by atoms with Crippen LogP contribution in [0.3, 0.4) is 0 Å². The minimum absolute atomic E-state index is 0.101. The Bertz CT molecular complexity index is 1420. The molecule has 9 heteroatoms. The minimum Gasteiger partial charge on any atom is -0.352 e. The Labute approximate surface area is 218 Å². The molecule has 0 unspecified atom stereocenters. The van der Waals surface area contributed by atoms with E-state index in [0.717, 1.165) is 66.2 Å². The zero-order valence-corrected chi connectivity index (χ0v) is 21.5. The van der Waals surface area contributed by atoms with Gasteiger partial charge in [0.25, 0.3) is 5.91 Å². The molecule has 6 nitrogen and oxygen atoms in total. The number of halogens is 2. The van der Waals surface area contributed by atoms with Gasteiger partial charge < -0.3 is 15.5 Å². The largest absolute Gasteiger partial charge is 0.352 e. The van der Waals surface area contributed by atoms with Crippen molar-refractivity contribution in [2.24, 2.45) is 0 Å². The molecule has 2 saturated heterocycles. The number of rotatable bonds is 7. The third kappa shape index (κ3) is 5.12. The average molecular weight is 524 g/mol. The topological polar surface area (TPSA) is 61.7 Å². The second-order valence-electron chi connectivity index (χ2n) is 10.1. The van der Waals surface area contributed by atoms with Gasteiger partial charge in [0.15, 0.2) is 4.96 Å². The molecule has 0 spiro atoms. The number of piperidine rings is 1. The number of carbonyl (C=O) groups excluding carboxylic acids is 1. The molecule has 0 saturated carbocycles. The molecular formula is C28H31F2N5OS. The second kappa shape index (κ2) is 10.5. The van der Waals surface area contributed by atoms with E-state index in [9.17, 15) is 13.6 Å². The number of fused-ring (bicyclic) bond motifs is 3. The van der Waals surface area contributed by atoms with E-state index in [1.165, 1.54) is 17.4 Å². The Morgan fingerprint density at radius 2 is 2.03 bits per heavy atom. The lowest BCUT2D eigenvalue weighted by molar-refractivity contribution is 0.0950. The van der Waals surface area contributed by atoms with E-state index in [4.69, 9.17) is 4.98 Å². The van der Waals surface area contributed by atoms with Gasteiger partial charge in [-0.05, 0) is 81.1 Å². The average Bonchev–Trinajstić information content (AvgIpc) is 3.64. The predicted octanol–water partition coefficient (Wildman–Crippen LogP) is 5.33. The van der Waals surface area contributed by atoms with Crippen LogP contribution in [0.25, 0.3) is 26.4 Å². The highest BCUT2D eigenvalue weighted by Gasteiger charge is 2.20. The van der Waals surface area contributed by atoms with Crippen LogP contribution in [0.2, 0.25) is 0 Å². The van der Waals surface area contributed by atoms with Gasteiger partial charge in [-0.25, -0.2) is 13.8 Å². The Morgan fingerprint density at radius 3 is 2.84 bits per heavy atom. The van der Waals surface area contributed by atoms with E-state index in [1.54, 1.807) is 0 Å². The maximum absolute atomic E-state index is 14.8. The van der Waals surface area contributed by atoms with Gasteiger partial charge in [0.1, 0.15) is 12.0 Å². The van der Waals surface area contributed by atoms with Crippen LogP contribution in [0.15, 0.2) is 42.6 Å². The minimum atomic E-state index is -0.663. The Kier molecular flexibility index (Phi) is 6.92. The highest BCUT2D eigenvalue weighted by Crippen LogP contribution is 2.33. The molecule has 194 valence electrons. The summed E-state index contributed by atoms with van der Waals surface area (Å²) in [6.45, 7) is 4.04. The molecule has 2 N–H and O–H groups in total. The summed E-state index contributed by atoms with van der Waals surface area (Å²) < 4.78 is 31.0. The molecule has 2 aliphatic heterocycles. The normalized spacial score (nSPS) is 19.2. The smallest absolute Gasteiger partial charge is 0.251 e. The lowest BCUT2D eigenvalue weighted by Gasteiger charge is -2.28. The van der Waals surface area contributed by atoms with Crippen molar-refractivity contribution in [2.45, 2.75) is 44.3 Å². The highest BCUT2D eigenvalue weighted by atomic mass is 32.1. The molecule has 0 bridgehead atoms. The van der Waals surface area contributed by atoms with Crippen molar-refractivity contribution < 1.29 is 13.6 Å². The van der Waals surface area contributed by atoms with Crippen molar-refractivity contribution >= 4 is 32.4 Å². The fourth-order valence-corrected chi connectivity index (χ4v) is 6.48. The van der Waals surface area contributed by atoms with Gasteiger partial charge in [-0.15, -0.1) is 0 Å². The number of alkyl halides is 1. The maximum atomic E-state index is 14.8. The standard InChI is InChI=1S/C28H31F2N5OS/c29-20-8-13-34(14-9-20)12-2-11-32-27(36)19-5-7-25-26(16-19)37-28-33-24(17-35(25)28)21-15-18(4-6-22(21)30)23-3-1-10-31-23/h4-7,15-17,20,23,31H,1-3,8-14H2,(H,32,36)/t23-/m0/s1. The Morgan fingerprint density at radius 1 is 1.16 bits per heavy atom. The number of imidazole rings is 1. The molecule has 1 amide bonds. The van der Waals surface area contributed by atoms with Crippen molar-refractivity contribution in [1.29, 1.82) is 0 Å². The number of nitrogens with zero attached hydrogens (tertiary/aromatic N) is 3. The fraction of sp³-hybridized carbons (Fsp3) is 0.429. The van der Waals surface area contributed by atoms with Gasteiger partial charge in [-0.3, -0.25) is 9.20 Å². The molecule has 2 aromatic carbocycles. The van der Waals surface area contributed by atoms with Gasteiger partial charge in [0.05, 0.1) is 15.9 Å². The van der Waals surface area contributed by atoms with Crippen molar-refractivity contribution in [2.75, 3.05) is 32.7 Å². The van der Waals surface area contributed by atoms with Crippen molar-refractivity contribution in [3.63, 3.8) is 0 Å². The summed E-state index contributed by atoms with van der Waals surface area (Å²) >= 11 is 1.49.